The molecule has 0 aliphatic heterocycles. The highest BCUT2D eigenvalue weighted by Crippen LogP contribution is 2.38. The Morgan fingerprint density at radius 3 is 1.45 bits per heavy atom. The van der Waals surface area contributed by atoms with E-state index >= 15 is 0 Å². The van der Waals surface area contributed by atoms with Crippen molar-refractivity contribution in [3.05, 3.63) is 34.3 Å². The van der Waals surface area contributed by atoms with Crippen LogP contribution in [0, 0.1) is 11.3 Å². The van der Waals surface area contributed by atoms with Crippen LogP contribution in [0.2, 0.25) is 10.0 Å². The number of benzene rings is 2. The van der Waals surface area contributed by atoms with Crippen LogP contribution in [0.1, 0.15) is 0 Å². The standard InChI is InChI=1S/C14H9Cl2N5O8S2/c15-6-1-8(13(22)10(3-6)30(24,25)26)18-20-12(5-17)21-19-9-2-7(16)4-11(14(9)23)31(27,28)29/h1-4,12,22-23H,(H,24,25,26)(H,27,28,29). The zero-order valence-corrected chi connectivity index (χ0v) is 17.8. The number of azo groups is 2. The van der Waals surface area contributed by atoms with Crippen molar-refractivity contribution < 1.29 is 36.2 Å². The van der Waals surface area contributed by atoms with E-state index in [1.807, 2.05) is 0 Å². The highest BCUT2D eigenvalue weighted by atomic mass is 35.5. The topological polar surface area (TPSA) is 222 Å². The van der Waals surface area contributed by atoms with Gasteiger partial charge in [-0.3, -0.25) is 9.11 Å². The molecule has 0 aliphatic rings. The third kappa shape index (κ3) is 6.07. The zero-order chi connectivity index (χ0) is 23.6. The predicted octanol–water partition coefficient (Wildman–Crippen LogP) is 3.62. The molecule has 0 bridgehead atoms. The van der Waals surface area contributed by atoms with Gasteiger partial charge in [-0.15, -0.1) is 20.5 Å². The maximum atomic E-state index is 11.3. The van der Waals surface area contributed by atoms with Gasteiger partial charge in [0.15, 0.2) is 11.5 Å². The minimum Gasteiger partial charge on any atom is -0.504 e. The molecule has 2 aromatic rings. The van der Waals surface area contributed by atoms with Gasteiger partial charge in [-0.05, 0) is 24.3 Å². The van der Waals surface area contributed by atoms with Gasteiger partial charge >= 0.3 is 0 Å². The van der Waals surface area contributed by atoms with Crippen molar-refractivity contribution in [2.24, 2.45) is 20.5 Å². The van der Waals surface area contributed by atoms with E-state index in [0.29, 0.717) is 0 Å². The van der Waals surface area contributed by atoms with E-state index in [1.165, 1.54) is 6.07 Å². The molecule has 31 heavy (non-hydrogen) atoms. The average Bonchev–Trinajstić information content (AvgIpc) is 2.64. The van der Waals surface area contributed by atoms with Crippen molar-refractivity contribution in [1.29, 1.82) is 5.26 Å². The minimum absolute atomic E-state index is 0.240. The number of hydrogen-bond acceptors (Lipinski definition) is 11. The summed E-state index contributed by atoms with van der Waals surface area (Å²) in [7, 11) is -9.69. The number of phenols is 2. The summed E-state index contributed by atoms with van der Waals surface area (Å²) in [6, 6.07) is 4.97. The second-order valence-electron chi connectivity index (χ2n) is 5.43. The maximum absolute atomic E-state index is 11.3. The largest absolute Gasteiger partial charge is 0.504 e. The molecule has 0 saturated heterocycles. The number of rotatable bonds is 6. The predicted molar refractivity (Wildman–Crippen MR) is 104 cm³/mol. The Morgan fingerprint density at radius 1 is 0.806 bits per heavy atom. The molecule has 17 heteroatoms. The van der Waals surface area contributed by atoms with Gasteiger partial charge in [-0.1, -0.05) is 23.2 Å². The number of aromatic hydroxyl groups is 2. The van der Waals surface area contributed by atoms with Crippen molar-refractivity contribution in [3.8, 4) is 17.6 Å². The van der Waals surface area contributed by atoms with Crippen molar-refractivity contribution in [2.45, 2.75) is 16.0 Å². The molecule has 0 fully saturated rings. The molecule has 2 rings (SSSR count). The fourth-order valence-electron chi connectivity index (χ4n) is 1.98. The van der Waals surface area contributed by atoms with Crippen LogP contribution in [0.25, 0.3) is 0 Å². The molecule has 13 nitrogen and oxygen atoms in total. The third-order valence-electron chi connectivity index (χ3n) is 3.26. The number of hydrogen-bond donors (Lipinski definition) is 4. The number of nitrogens with zero attached hydrogens (tertiary/aromatic N) is 5. The Labute approximate surface area is 184 Å². The molecule has 0 spiro atoms. The lowest BCUT2D eigenvalue weighted by molar-refractivity contribution is 0.442. The number of nitriles is 1. The SMILES string of the molecule is N#CC(N=Nc1cc(Cl)cc(S(=O)(=O)O)c1O)N=Nc1cc(Cl)cc(S(=O)(=O)O)c1O. The first-order chi connectivity index (χ1) is 14.2. The maximum Gasteiger partial charge on any atom is 0.298 e. The van der Waals surface area contributed by atoms with Crippen LogP contribution in [0.4, 0.5) is 11.4 Å². The van der Waals surface area contributed by atoms with E-state index in [-0.39, 0.29) is 10.0 Å². The first-order valence-corrected chi connectivity index (χ1v) is 11.1. The van der Waals surface area contributed by atoms with Gasteiger partial charge in [0.05, 0.1) is 0 Å². The Morgan fingerprint density at radius 2 is 1.16 bits per heavy atom. The fourth-order valence-corrected chi connectivity index (χ4v) is 3.78. The number of halogens is 2. The van der Waals surface area contributed by atoms with Gasteiger partial charge < -0.3 is 10.2 Å². The molecule has 4 N–H and O–H groups in total. The van der Waals surface area contributed by atoms with Crippen LogP contribution in [0.5, 0.6) is 11.5 Å². The van der Waals surface area contributed by atoms with Crippen molar-refractivity contribution in [2.75, 3.05) is 0 Å². The average molecular weight is 510 g/mol. The smallest absolute Gasteiger partial charge is 0.298 e. The lowest BCUT2D eigenvalue weighted by Crippen LogP contribution is -1.99. The normalized spacial score (nSPS) is 13.5. The summed E-state index contributed by atoms with van der Waals surface area (Å²) in [6.45, 7) is 0. The van der Waals surface area contributed by atoms with Crippen LogP contribution in [0.15, 0.2) is 54.5 Å². The molecule has 0 radical (unpaired) electrons. The molecular formula is C14H9Cl2N5O8S2. The van der Waals surface area contributed by atoms with Crippen molar-refractivity contribution >= 4 is 54.8 Å². The molecule has 0 atom stereocenters. The summed E-state index contributed by atoms with van der Waals surface area (Å²) >= 11 is 11.4. The Kier molecular flexibility index (Phi) is 7.16. The molecule has 0 unspecified atom stereocenters. The zero-order valence-electron chi connectivity index (χ0n) is 14.6. The lowest BCUT2D eigenvalue weighted by Gasteiger charge is -2.05. The summed E-state index contributed by atoms with van der Waals surface area (Å²) in [5.41, 5.74) is -1.07. The lowest BCUT2D eigenvalue weighted by atomic mass is 10.3. The highest BCUT2D eigenvalue weighted by Gasteiger charge is 2.21. The van der Waals surface area contributed by atoms with Crippen LogP contribution >= 0.6 is 23.2 Å². The molecule has 0 heterocycles. The van der Waals surface area contributed by atoms with E-state index in [1.54, 1.807) is 0 Å². The summed E-state index contributed by atoms with van der Waals surface area (Å²) in [5.74, 6) is -2.01. The van der Waals surface area contributed by atoms with Crippen molar-refractivity contribution in [3.63, 3.8) is 0 Å². The Bertz CT molecular complexity index is 1260. The first-order valence-electron chi connectivity index (χ1n) is 7.45. The number of phenolic OH excluding ortho intramolecular Hbond substituents is 2. The summed E-state index contributed by atoms with van der Waals surface area (Å²) in [5, 5.41) is 42.1. The van der Waals surface area contributed by atoms with Gasteiger partial charge in [-0.2, -0.15) is 22.1 Å². The summed E-state index contributed by atoms with van der Waals surface area (Å²) < 4.78 is 63.2. The summed E-state index contributed by atoms with van der Waals surface area (Å²) in [6.07, 6.45) is -1.72. The molecule has 0 aliphatic carbocycles. The molecule has 0 aromatic heterocycles. The second-order valence-corrected chi connectivity index (χ2v) is 9.08. The highest BCUT2D eigenvalue weighted by molar-refractivity contribution is 7.86. The molecule has 0 amide bonds. The van der Waals surface area contributed by atoms with E-state index in [0.717, 1.165) is 24.3 Å². The molecule has 2 aromatic carbocycles. The van der Waals surface area contributed by atoms with E-state index in [2.05, 4.69) is 20.5 Å². The van der Waals surface area contributed by atoms with Crippen LogP contribution in [-0.2, 0) is 20.2 Å². The quantitative estimate of drug-likeness (QED) is 0.328. The van der Waals surface area contributed by atoms with Gasteiger partial charge in [-0.25, -0.2) is 0 Å². The van der Waals surface area contributed by atoms with Gasteiger partial charge in [0, 0.05) is 10.0 Å². The monoisotopic (exact) mass is 509 g/mol. The van der Waals surface area contributed by atoms with Gasteiger partial charge in [0.25, 0.3) is 26.4 Å². The third-order valence-corrected chi connectivity index (χ3v) is 5.43. The fraction of sp³-hybridized carbons (Fsp3) is 0.0714. The van der Waals surface area contributed by atoms with Crippen molar-refractivity contribution in [1.82, 2.24) is 0 Å². The molecule has 0 saturated carbocycles. The van der Waals surface area contributed by atoms with Crippen LogP contribution < -0.4 is 0 Å². The Hall–Kier alpha value is -2.87. The first kappa shape index (κ1) is 24.4. The second kappa shape index (κ2) is 9.09. The van der Waals surface area contributed by atoms with Crippen LogP contribution in [-0.4, -0.2) is 42.3 Å². The van der Waals surface area contributed by atoms with Gasteiger partial charge in [0.1, 0.15) is 27.2 Å². The minimum atomic E-state index is -4.85. The van der Waals surface area contributed by atoms with E-state index in [9.17, 15) is 27.0 Å². The molecule has 164 valence electrons. The van der Waals surface area contributed by atoms with Crippen LogP contribution in [0.3, 0.4) is 0 Å². The molecular weight excluding hydrogens is 501 g/mol. The Balaban J connectivity index is 2.42. The van der Waals surface area contributed by atoms with E-state index in [4.69, 9.17) is 37.6 Å². The van der Waals surface area contributed by atoms with Gasteiger partial charge in [0.2, 0.25) is 0 Å². The summed E-state index contributed by atoms with van der Waals surface area (Å²) in [4.78, 5) is -1.91. The van der Waals surface area contributed by atoms with E-state index < -0.39 is 59.1 Å².